The van der Waals surface area contributed by atoms with Gasteiger partial charge in [-0.15, -0.1) is 21.5 Å². The first-order valence-electron chi connectivity index (χ1n) is 6.37. The van der Waals surface area contributed by atoms with Crippen molar-refractivity contribution >= 4 is 23.1 Å². The van der Waals surface area contributed by atoms with Crippen LogP contribution in [0.3, 0.4) is 0 Å². The topological polar surface area (TPSA) is 104 Å². The zero-order chi connectivity index (χ0) is 14.5. The van der Waals surface area contributed by atoms with Crippen LogP contribution in [0.2, 0.25) is 0 Å². The highest BCUT2D eigenvalue weighted by atomic mass is 32.2. The van der Waals surface area contributed by atoms with Crippen LogP contribution in [0.25, 0.3) is 10.7 Å². The third-order valence-corrected chi connectivity index (χ3v) is 4.36. The number of aryl methyl sites for hydroxylation is 1. The predicted octanol–water partition coefficient (Wildman–Crippen LogP) is 2.36. The van der Waals surface area contributed by atoms with E-state index < -0.39 is 0 Å². The SMILES string of the molecule is NCc1nnc(SCCCc2nc(-c3cccs3)no2)o1. The maximum atomic E-state index is 5.40. The Kier molecular flexibility index (Phi) is 4.63. The molecule has 3 rings (SSSR count). The second-order valence-corrected chi connectivity index (χ2v) is 6.10. The van der Waals surface area contributed by atoms with Gasteiger partial charge in [0.2, 0.25) is 17.6 Å². The van der Waals surface area contributed by atoms with Crippen LogP contribution >= 0.6 is 23.1 Å². The minimum absolute atomic E-state index is 0.265. The molecule has 0 unspecified atom stereocenters. The van der Waals surface area contributed by atoms with Crippen LogP contribution in [0, 0.1) is 0 Å². The molecule has 0 aliphatic rings. The van der Waals surface area contributed by atoms with Crippen molar-refractivity contribution in [1.29, 1.82) is 0 Å². The molecule has 3 aromatic heterocycles. The molecule has 0 amide bonds. The Balaban J connectivity index is 1.45. The third-order valence-electron chi connectivity index (χ3n) is 2.59. The maximum Gasteiger partial charge on any atom is 0.276 e. The van der Waals surface area contributed by atoms with E-state index in [-0.39, 0.29) is 6.54 Å². The molecule has 0 saturated heterocycles. The number of aromatic nitrogens is 4. The van der Waals surface area contributed by atoms with E-state index in [4.69, 9.17) is 14.7 Å². The van der Waals surface area contributed by atoms with Gasteiger partial charge in [-0.25, -0.2) is 0 Å². The lowest BCUT2D eigenvalue weighted by Crippen LogP contribution is -1.95. The van der Waals surface area contributed by atoms with Crippen molar-refractivity contribution in [3.05, 3.63) is 29.3 Å². The van der Waals surface area contributed by atoms with Crippen LogP contribution < -0.4 is 5.73 Å². The smallest absolute Gasteiger partial charge is 0.276 e. The molecule has 21 heavy (non-hydrogen) atoms. The monoisotopic (exact) mass is 323 g/mol. The Bertz CT molecular complexity index is 679. The Morgan fingerprint density at radius 2 is 2.24 bits per heavy atom. The fourth-order valence-electron chi connectivity index (χ4n) is 1.62. The summed E-state index contributed by atoms with van der Waals surface area (Å²) in [4.78, 5) is 5.38. The fourth-order valence-corrected chi connectivity index (χ4v) is 2.99. The Labute approximate surface area is 128 Å². The van der Waals surface area contributed by atoms with Gasteiger partial charge in [0.05, 0.1) is 11.4 Å². The lowest BCUT2D eigenvalue weighted by molar-refractivity contribution is 0.378. The van der Waals surface area contributed by atoms with Gasteiger partial charge in [-0.1, -0.05) is 23.0 Å². The van der Waals surface area contributed by atoms with Crippen molar-refractivity contribution in [3.8, 4) is 10.7 Å². The van der Waals surface area contributed by atoms with Crippen molar-refractivity contribution < 1.29 is 8.94 Å². The van der Waals surface area contributed by atoms with E-state index in [1.807, 2.05) is 17.5 Å². The molecule has 0 aliphatic heterocycles. The van der Waals surface area contributed by atoms with Gasteiger partial charge in [-0.05, 0) is 17.9 Å². The van der Waals surface area contributed by atoms with E-state index >= 15 is 0 Å². The summed E-state index contributed by atoms with van der Waals surface area (Å²) >= 11 is 3.09. The molecule has 0 spiro atoms. The van der Waals surface area contributed by atoms with E-state index in [0.717, 1.165) is 23.5 Å². The van der Waals surface area contributed by atoms with Crippen LogP contribution in [0.4, 0.5) is 0 Å². The van der Waals surface area contributed by atoms with Gasteiger partial charge in [-0.2, -0.15) is 4.98 Å². The number of rotatable bonds is 7. The van der Waals surface area contributed by atoms with Crippen molar-refractivity contribution in [2.75, 3.05) is 5.75 Å². The minimum Gasteiger partial charge on any atom is -0.415 e. The summed E-state index contributed by atoms with van der Waals surface area (Å²) in [5.74, 6) is 2.59. The summed E-state index contributed by atoms with van der Waals surface area (Å²) in [6.07, 6.45) is 1.61. The van der Waals surface area contributed by atoms with Gasteiger partial charge in [-0.3, -0.25) is 0 Å². The van der Waals surface area contributed by atoms with E-state index in [1.54, 1.807) is 11.3 Å². The van der Waals surface area contributed by atoms with E-state index in [0.29, 0.717) is 22.8 Å². The number of hydrogen-bond acceptors (Lipinski definition) is 9. The zero-order valence-corrected chi connectivity index (χ0v) is 12.7. The Hall–Kier alpha value is -1.71. The first kappa shape index (κ1) is 14.2. The van der Waals surface area contributed by atoms with E-state index in [1.165, 1.54) is 11.8 Å². The molecular weight excluding hydrogens is 310 g/mol. The van der Waals surface area contributed by atoms with Crippen molar-refractivity contribution in [3.63, 3.8) is 0 Å². The molecule has 0 aromatic carbocycles. The number of nitrogens with zero attached hydrogens (tertiary/aromatic N) is 4. The van der Waals surface area contributed by atoms with Crippen LogP contribution in [-0.4, -0.2) is 26.1 Å². The molecule has 0 saturated carbocycles. The summed E-state index contributed by atoms with van der Waals surface area (Å²) in [6, 6.07) is 3.94. The highest BCUT2D eigenvalue weighted by molar-refractivity contribution is 7.99. The number of thioether (sulfide) groups is 1. The first-order valence-corrected chi connectivity index (χ1v) is 8.23. The molecule has 9 heteroatoms. The van der Waals surface area contributed by atoms with Crippen LogP contribution in [0.15, 0.2) is 31.7 Å². The van der Waals surface area contributed by atoms with Crippen molar-refractivity contribution in [2.24, 2.45) is 5.73 Å². The molecular formula is C12H13N5O2S2. The highest BCUT2D eigenvalue weighted by Gasteiger charge is 2.10. The molecule has 0 fully saturated rings. The molecule has 3 heterocycles. The maximum absolute atomic E-state index is 5.40. The third kappa shape index (κ3) is 3.69. The molecule has 0 bridgehead atoms. The molecule has 3 aromatic rings. The molecule has 110 valence electrons. The Morgan fingerprint density at radius 3 is 3.00 bits per heavy atom. The van der Waals surface area contributed by atoms with E-state index in [9.17, 15) is 0 Å². The predicted molar refractivity (Wildman–Crippen MR) is 78.8 cm³/mol. The van der Waals surface area contributed by atoms with Gasteiger partial charge in [0.25, 0.3) is 5.22 Å². The lowest BCUT2D eigenvalue weighted by Gasteiger charge is -1.93. The van der Waals surface area contributed by atoms with Crippen LogP contribution in [0.5, 0.6) is 0 Å². The summed E-state index contributed by atoms with van der Waals surface area (Å²) < 4.78 is 10.5. The van der Waals surface area contributed by atoms with Gasteiger partial charge in [0, 0.05) is 12.2 Å². The molecule has 0 atom stereocenters. The Morgan fingerprint density at radius 1 is 1.29 bits per heavy atom. The summed E-state index contributed by atoms with van der Waals surface area (Å²) in [5.41, 5.74) is 5.40. The molecule has 0 radical (unpaired) electrons. The average molecular weight is 323 g/mol. The molecule has 7 nitrogen and oxygen atoms in total. The largest absolute Gasteiger partial charge is 0.415 e. The van der Waals surface area contributed by atoms with Crippen LogP contribution in [0.1, 0.15) is 18.2 Å². The highest BCUT2D eigenvalue weighted by Crippen LogP contribution is 2.22. The quantitative estimate of drug-likeness (QED) is 0.522. The lowest BCUT2D eigenvalue weighted by atomic mass is 10.3. The van der Waals surface area contributed by atoms with Gasteiger partial charge >= 0.3 is 0 Å². The van der Waals surface area contributed by atoms with Crippen LogP contribution in [-0.2, 0) is 13.0 Å². The van der Waals surface area contributed by atoms with Gasteiger partial charge < -0.3 is 14.7 Å². The fraction of sp³-hybridized carbons (Fsp3) is 0.333. The van der Waals surface area contributed by atoms with Crippen molar-refractivity contribution in [1.82, 2.24) is 20.3 Å². The van der Waals surface area contributed by atoms with Crippen molar-refractivity contribution in [2.45, 2.75) is 24.6 Å². The number of nitrogens with two attached hydrogens (primary N) is 1. The second kappa shape index (κ2) is 6.83. The minimum atomic E-state index is 0.265. The second-order valence-electron chi connectivity index (χ2n) is 4.11. The number of thiophene rings is 1. The molecule has 2 N–H and O–H groups in total. The number of hydrogen-bond donors (Lipinski definition) is 1. The van der Waals surface area contributed by atoms with Gasteiger partial charge in [0.1, 0.15) is 0 Å². The standard InChI is InChI=1S/C12H13N5O2S2/c13-7-10-15-16-12(18-10)21-6-2-4-9-14-11(17-19-9)8-3-1-5-20-8/h1,3,5H,2,4,6-7,13H2. The molecule has 0 aliphatic carbocycles. The average Bonchev–Trinajstić information content (AvgIpc) is 3.23. The first-order chi connectivity index (χ1) is 10.3. The summed E-state index contributed by atoms with van der Waals surface area (Å²) in [6.45, 7) is 0.265. The normalized spacial score (nSPS) is 11.1. The van der Waals surface area contributed by atoms with Gasteiger partial charge in [0.15, 0.2) is 0 Å². The zero-order valence-electron chi connectivity index (χ0n) is 11.1. The van der Waals surface area contributed by atoms with E-state index in [2.05, 4.69) is 20.3 Å². The summed E-state index contributed by atoms with van der Waals surface area (Å²) in [5, 5.41) is 14.2. The summed E-state index contributed by atoms with van der Waals surface area (Å²) in [7, 11) is 0.